The van der Waals surface area contributed by atoms with Gasteiger partial charge in [-0.3, -0.25) is 4.90 Å². The van der Waals surface area contributed by atoms with Crippen molar-refractivity contribution in [3.63, 3.8) is 0 Å². The molecule has 1 heterocycles. The summed E-state index contributed by atoms with van der Waals surface area (Å²) < 4.78 is 10.9. The third-order valence-corrected chi connectivity index (χ3v) is 3.96. The fourth-order valence-electron chi connectivity index (χ4n) is 2.91. The minimum atomic E-state index is 0.489. The van der Waals surface area contributed by atoms with Gasteiger partial charge in [-0.25, -0.2) is 0 Å². The predicted molar refractivity (Wildman–Crippen MR) is 78.1 cm³/mol. The van der Waals surface area contributed by atoms with Gasteiger partial charge in [0.2, 0.25) is 0 Å². The zero-order chi connectivity index (χ0) is 14.0. The van der Waals surface area contributed by atoms with Crippen molar-refractivity contribution in [2.24, 2.45) is 5.92 Å². The van der Waals surface area contributed by atoms with Crippen LogP contribution in [0.15, 0.2) is 12.1 Å². The first-order valence-corrected chi connectivity index (χ1v) is 7.01. The van der Waals surface area contributed by atoms with Gasteiger partial charge in [0, 0.05) is 12.6 Å². The number of likely N-dealkylation sites (N-methyl/N-ethyl adjacent to an activating group) is 1. The number of hydrogen-bond donors (Lipinski definition) is 0. The van der Waals surface area contributed by atoms with Crippen LogP contribution >= 0.6 is 0 Å². The fourth-order valence-corrected chi connectivity index (χ4v) is 2.91. The maximum Gasteiger partial charge on any atom is 0.161 e. The first-order valence-electron chi connectivity index (χ1n) is 7.01. The Balaban J connectivity index is 2.42. The second-order valence-electron chi connectivity index (χ2n) is 5.78. The number of benzene rings is 1. The summed E-state index contributed by atoms with van der Waals surface area (Å²) in [7, 11) is 5.62. The summed E-state index contributed by atoms with van der Waals surface area (Å²) in [6.45, 7) is 5.67. The summed E-state index contributed by atoms with van der Waals surface area (Å²) >= 11 is 0. The minimum absolute atomic E-state index is 0.489. The lowest BCUT2D eigenvalue weighted by Gasteiger charge is -2.36. The number of fused-ring (bicyclic) bond motifs is 1. The highest BCUT2D eigenvalue weighted by molar-refractivity contribution is 5.49. The van der Waals surface area contributed by atoms with Crippen molar-refractivity contribution < 1.29 is 9.47 Å². The number of hydrogen-bond acceptors (Lipinski definition) is 3. The van der Waals surface area contributed by atoms with Gasteiger partial charge in [0.05, 0.1) is 14.2 Å². The molecular formula is C16H25NO2. The second kappa shape index (κ2) is 5.83. The summed E-state index contributed by atoms with van der Waals surface area (Å²) in [5.41, 5.74) is 2.81. The van der Waals surface area contributed by atoms with Crippen molar-refractivity contribution in [3.8, 4) is 11.5 Å². The molecule has 0 N–H and O–H groups in total. The van der Waals surface area contributed by atoms with E-state index in [1.807, 2.05) is 0 Å². The van der Waals surface area contributed by atoms with Crippen molar-refractivity contribution in [2.45, 2.75) is 32.7 Å². The zero-order valence-electron chi connectivity index (χ0n) is 12.7. The Morgan fingerprint density at radius 1 is 1.21 bits per heavy atom. The molecule has 0 saturated heterocycles. The summed E-state index contributed by atoms with van der Waals surface area (Å²) in [6, 6.07) is 4.80. The molecule has 1 aromatic rings. The van der Waals surface area contributed by atoms with Gasteiger partial charge >= 0.3 is 0 Å². The summed E-state index contributed by atoms with van der Waals surface area (Å²) in [6.07, 6.45) is 2.26. The minimum Gasteiger partial charge on any atom is -0.493 e. The average Bonchev–Trinajstić information content (AvgIpc) is 2.40. The van der Waals surface area contributed by atoms with Gasteiger partial charge in [0.15, 0.2) is 11.5 Å². The monoisotopic (exact) mass is 263 g/mol. The van der Waals surface area contributed by atoms with E-state index in [-0.39, 0.29) is 0 Å². The maximum absolute atomic E-state index is 5.45. The molecule has 106 valence electrons. The zero-order valence-corrected chi connectivity index (χ0v) is 12.7. The van der Waals surface area contributed by atoms with Crippen LogP contribution in [0, 0.1) is 5.92 Å². The second-order valence-corrected chi connectivity index (χ2v) is 5.78. The number of nitrogens with zero attached hydrogens (tertiary/aromatic N) is 1. The molecule has 0 amide bonds. The van der Waals surface area contributed by atoms with E-state index in [9.17, 15) is 0 Å². The van der Waals surface area contributed by atoms with Crippen molar-refractivity contribution in [1.29, 1.82) is 0 Å². The summed E-state index contributed by atoms with van der Waals surface area (Å²) in [5.74, 6) is 2.37. The Morgan fingerprint density at radius 3 is 2.42 bits per heavy atom. The molecule has 0 aliphatic carbocycles. The van der Waals surface area contributed by atoms with Crippen LogP contribution in [-0.2, 0) is 6.42 Å². The van der Waals surface area contributed by atoms with Gasteiger partial charge in [-0.05, 0) is 49.1 Å². The highest BCUT2D eigenvalue weighted by atomic mass is 16.5. The molecule has 3 nitrogen and oxygen atoms in total. The lowest BCUT2D eigenvalue weighted by Crippen LogP contribution is -2.33. The average molecular weight is 263 g/mol. The first-order chi connectivity index (χ1) is 9.06. The van der Waals surface area contributed by atoms with E-state index in [1.165, 1.54) is 17.5 Å². The van der Waals surface area contributed by atoms with Gasteiger partial charge in [-0.1, -0.05) is 13.8 Å². The Morgan fingerprint density at radius 2 is 1.84 bits per heavy atom. The standard InChI is InChI=1S/C16H25NO2/c1-11(2)8-14-13-10-16(19-5)15(18-4)9-12(13)6-7-17(14)3/h9-11,14H,6-8H2,1-5H3. The molecule has 1 aromatic carbocycles. The normalized spacial score (nSPS) is 19.4. The van der Waals surface area contributed by atoms with E-state index in [0.29, 0.717) is 12.0 Å². The molecule has 19 heavy (non-hydrogen) atoms. The van der Waals surface area contributed by atoms with Crippen LogP contribution in [0.5, 0.6) is 11.5 Å². The largest absolute Gasteiger partial charge is 0.493 e. The van der Waals surface area contributed by atoms with E-state index in [0.717, 1.165) is 24.5 Å². The van der Waals surface area contributed by atoms with Crippen molar-refractivity contribution >= 4 is 0 Å². The van der Waals surface area contributed by atoms with E-state index in [4.69, 9.17) is 9.47 Å². The van der Waals surface area contributed by atoms with Crippen LogP contribution in [0.1, 0.15) is 37.4 Å². The lowest BCUT2D eigenvalue weighted by molar-refractivity contribution is 0.201. The Hall–Kier alpha value is -1.22. The highest BCUT2D eigenvalue weighted by Gasteiger charge is 2.27. The Kier molecular flexibility index (Phi) is 4.35. The first kappa shape index (κ1) is 14.2. The van der Waals surface area contributed by atoms with Crippen LogP contribution in [0.2, 0.25) is 0 Å². The van der Waals surface area contributed by atoms with Crippen LogP contribution < -0.4 is 9.47 Å². The van der Waals surface area contributed by atoms with Gasteiger partial charge in [-0.2, -0.15) is 0 Å². The topological polar surface area (TPSA) is 21.7 Å². The molecule has 1 aliphatic heterocycles. The molecule has 0 bridgehead atoms. The van der Waals surface area contributed by atoms with Gasteiger partial charge in [0.25, 0.3) is 0 Å². The predicted octanol–water partition coefficient (Wildman–Crippen LogP) is 3.28. The number of ether oxygens (including phenoxy) is 2. The van der Waals surface area contributed by atoms with Gasteiger partial charge < -0.3 is 9.47 Å². The van der Waals surface area contributed by atoms with E-state index in [2.05, 4.69) is 37.9 Å². The van der Waals surface area contributed by atoms with E-state index < -0.39 is 0 Å². The smallest absolute Gasteiger partial charge is 0.161 e. The number of rotatable bonds is 4. The van der Waals surface area contributed by atoms with Crippen molar-refractivity contribution in [2.75, 3.05) is 27.8 Å². The molecule has 0 spiro atoms. The van der Waals surface area contributed by atoms with Crippen LogP contribution in [0.3, 0.4) is 0 Å². The van der Waals surface area contributed by atoms with Crippen LogP contribution in [-0.4, -0.2) is 32.7 Å². The van der Waals surface area contributed by atoms with Crippen molar-refractivity contribution in [3.05, 3.63) is 23.3 Å². The van der Waals surface area contributed by atoms with Crippen LogP contribution in [0.4, 0.5) is 0 Å². The molecular weight excluding hydrogens is 238 g/mol. The molecule has 1 unspecified atom stereocenters. The Bertz CT molecular complexity index is 443. The molecule has 2 rings (SSSR count). The molecule has 0 aromatic heterocycles. The van der Waals surface area contributed by atoms with Crippen LogP contribution in [0.25, 0.3) is 0 Å². The molecule has 1 aliphatic rings. The third kappa shape index (κ3) is 2.86. The van der Waals surface area contributed by atoms with E-state index >= 15 is 0 Å². The summed E-state index contributed by atoms with van der Waals surface area (Å²) in [4.78, 5) is 2.45. The Labute approximate surface area is 116 Å². The highest BCUT2D eigenvalue weighted by Crippen LogP contribution is 2.39. The molecule has 0 fully saturated rings. The molecule has 0 radical (unpaired) electrons. The van der Waals surface area contributed by atoms with Crippen molar-refractivity contribution in [1.82, 2.24) is 4.90 Å². The number of methoxy groups -OCH3 is 2. The molecule has 0 saturated carbocycles. The molecule has 1 atom stereocenters. The van der Waals surface area contributed by atoms with E-state index in [1.54, 1.807) is 14.2 Å². The lowest BCUT2D eigenvalue weighted by atomic mass is 9.87. The molecule has 3 heteroatoms. The summed E-state index contributed by atoms with van der Waals surface area (Å²) in [5, 5.41) is 0. The maximum atomic E-state index is 5.45. The fraction of sp³-hybridized carbons (Fsp3) is 0.625. The third-order valence-electron chi connectivity index (χ3n) is 3.96. The quantitative estimate of drug-likeness (QED) is 0.832. The van der Waals surface area contributed by atoms with Gasteiger partial charge in [-0.15, -0.1) is 0 Å². The van der Waals surface area contributed by atoms with Gasteiger partial charge in [0.1, 0.15) is 0 Å². The SMILES string of the molecule is COc1cc2c(cc1OC)C(CC(C)C)N(C)CC2.